The van der Waals surface area contributed by atoms with Crippen LogP contribution < -0.4 is 0 Å². The number of hydrogen-bond donors (Lipinski definition) is 1. The minimum absolute atomic E-state index is 0.0548. The number of aromatic nitrogens is 3. The first-order valence-electron chi connectivity index (χ1n) is 20.7. The minimum Gasteiger partial charge on any atom is -0.507 e. The number of pyridine rings is 1. The van der Waals surface area contributed by atoms with Crippen molar-refractivity contribution in [3.05, 3.63) is 193 Å². The summed E-state index contributed by atoms with van der Waals surface area (Å²) < 4.78 is 2.24. The molecular formula is C56H49N3O. The predicted molar refractivity (Wildman–Crippen MR) is 251 cm³/mol. The fourth-order valence-electron chi connectivity index (χ4n) is 8.08. The number of nitrogens with zero attached hydrogens (tertiary/aromatic N) is 3. The SMILES string of the molecule is CC(C)(C)c1ccc(O)c(-c2nc3c(-c4cccc(-c5cc(-c6ccc(-c7ccccc7)cc6)ccn5)c4)cccc3n2-c2ccc(C(C)(C)C)cc2-c2ccccc2)c1. The number of imidazole rings is 1. The Morgan fingerprint density at radius 1 is 0.433 bits per heavy atom. The molecule has 0 amide bonds. The van der Waals surface area contributed by atoms with E-state index in [0.29, 0.717) is 11.4 Å². The van der Waals surface area contributed by atoms with Gasteiger partial charge in [-0.15, -0.1) is 0 Å². The summed E-state index contributed by atoms with van der Waals surface area (Å²) in [6.07, 6.45) is 1.89. The monoisotopic (exact) mass is 779 g/mol. The summed E-state index contributed by atoms with van der Waals surface area (Å²) in [7, 11) is 0. The van der Waals surface area contributed by atoms with Gasteiger partial charge >= 0.3 is 0 Å². The van der Waals surface area contributed by atoms with Crippen LogP contribution in [0.3, 0.4) is 0 Å². The number of hydrogen-bond acceptors (Lipinski definition) is 3. The van der Waals surface area contributed by atoms with E-state index in [0.717, 1.165) is 66.9 Å². The lowest BCUT2D eigenvalue weighted by Crippen LogP contribution is -2.12. The van der Waals surface area contributed by atoms with Gasteiger partial charge in [-0.2, -0.15) is 0 Å². The molecule has 0 saturated carbocycles. The number of phenolic OH excluding ortho intramolecular Hbond substituents is 1. The smallest absolute Gasteiger partial charge is 0.149 e. The zero-order chi connectivity index (χ0) is 41.6. The van der Waals surface area contributed by atoms with Crippen molar-refractivity contribution in [1.82, 2.24) is 14.5 Å². The van der Waals surface area contributed by atoms with Crippen molar-refractivity contribution in [2.45, 2.75) is 52.4 Å². The van der Waals surface area contributed by atoms with Gasteiger partial charge in [0.05, 0.1) is 28.0 Å². The van der Waals surface area contributed by atoms with Gasteiger partial charge in [-0.3, -0.25) is 9.55 Å². The molecule has 0 spiro atoms. The molecule has 0 fully saturated rings. The Kier molecular flexibility index (Phi) is 9.80. The Bertz CT molecular complexity index is 2980. The number of para-hydroxylation sites is 1. The van der Waals surface area contributed by atoms with Gasteiger partial charge in [0.1, 0.15) is 11.6 Å². The van der Waals surface area contributed by atoms with Crippen LogP contribution in [-0.4, -0.2) is 19.6 Å². The maximum atomic E-state index is 11.6. The topological polar surface area (TPSA) is 50.9 Å². The normalized spacial score (nSPS) is 11.9. The van der Waals surface area contributed by atoms with E-state index in [1.54, 1.807) is 0 Å². The Labute approximate surface area is 353 Å². The third-order valence-corrected chi connectivity index (χ3v) is 11.5. The van der Waals surface area contributed by atoms with E-state index in [1.807, 2.05) is 24.4 Å². The first kappa shape index (κ1) is 38.5. The third-order valence-electron chi connectivity index (χ3n) is 11.5. The van der Waals surface area contributed by atoms with Crippen LogP contribution in [0.25, 0.3) is 83.9 Å². The van der Waals surface area contributed by atoms with Crippen molar-refractivity contribution in [3.8, 4) is 78.6 Å². The Morgan fingerprint density at radius 2 is 1.00 bits per heavy atom. The summed E-state index contributed by atoms with van der Waals surface area (Å²) in [5, 5.41) is 11.6. The van der Waals surface area contributed by atoms with Crippen LogP contribution in [0, 0.1) is 0 Å². The number of fused-ring (bicyclic) bond motifs is 1. The lowest BCUT2D eigenvalue weighted by atomic mass is 9.84. The molecule has 9 aromatic rings. The van der Waals surface area contributed by atoms with E-state index in [2.05, 4.69) is 204 Å². The van der Waals surface area contributed by atoms with Crippen LogP contribution in [-0.2, 0) is 10.8 Å². The van der Waals surface area contributed by atoms with Gasteiger partial charge in [0, 0.05) is 22.9 Å². The second kappa shape index (κ2) is 15.3. The molecule has 2 heterocycles. The van der Waals surface area contributed by atoms with E-state index in [-0.39, 0.29) is 16.6 Å². The molecular weight excluding hydrogens is 731 g/mol. The van der Waals surface area contributed by atoms with Gasteiger partial charge in [0.25, 0.3) is 0 Å². The van der Waals surface area contributed by atoms with Crippen LogP contribution in [0.5, 0.6) is 5.75 Å². The molecule has 60 heavy (non-hydrogen) atoms. The second-order valence-electron chi connectivity index (χ2n) is 17.7. The number of phenols is 1. The van der Waals surface area contributed by atoms with Crippen LogP contribution >= 0.6 is 0 Å². The van der Waals surface area contributed by atoms with Crippen molar-refractivity contribution in [2.75, 3.05) is 0 Å². The summed E-state index contributed by atoms with van der Waals surface area (Å²) >= 11 is 0. The summed E-state index contributed by atoms with van der Waals surface area (Å²) in [5.74, 6) is 0.877. The molecule has 4 nitrogen and oxygen atoms in total. The van der Waals surface area contributed by atoms with Gasteiger partial charge in [0.15, 0.2) is 0 Å². The third kappa shape index (κ3) is 7.42. The average Bonchev–Trinajstić information content (AvgIpc) is 3.66. The fraction of sp³-hybridized carbons (Fsp3) is 0.143. The fourth-order valence-corrected chi connectivity index (χ4v) is 8.08. The molecule has 0 radical (unpaired) electrons. The van der Waals surface area contributed by atoms with Crippen molar-refractivity contribution < 1.29 is 5.11 Å². The van der Waals surface area contributed by atoms with Gasteiger partial charge < -0.3 is 5.11 Å². The first-order chi connectivity index (χ1) is 28.9. The maximum Gasteiger partial charge on any atom is 0.149 e. The average molecular weight is 780 g/mol. The molecule has 2 aromatic heterocycles. The molecule has 0 atom stereocenters. The van der Waals surface area contributed by atoms with Gasteiger partial charge in [-0.25, -0.2) is 4.98 Å². The summed E-state index contributed by atoms with van der Waals surface area (Å²) in [6.45, 7) is 13.3. The molecule has 0 aliphatic heterocycles. The van der Waals surface area contributed by atoms with Crippen molar-refractivity contribution >= 4 is 11.0 Å². The molecule has 1 N–H and O–H groups in total. The van der Waals surface area contributed by atoms with Crippen LogP contribution in [0.4, 0.5) is 0 Å². The lowest BCUT2D eigenvalue weighted by molar-refractivity contribution is 0.475. The molecule has 294 valence electrons. The van der Waals surface area contributed by atoms with E-state index in [9.17, 15) is 5.11 Å². The summed E-state index contributed by atoms with van der Waals surface area (Å²) in [4.78, 5) is 10.3. The van der Waals surface area contributed by atoms with E-state index in [1.165, 1.54) is 16.7 Å². The molecule has 0 aliphatic carbocycles. The summed E-state index contributed by atoms with van der Waals surface area (Å²) in [5.41, 5.74) is 16.5. The quantitative estimate of drug-likeness (QED) is 0.175. The molecule has 0 saturated heterocycles. The second-order valence-corrected chi connectivity index (χ2v) is 17.7. The van der Waals surface area contributed by atoms with Gasteiger partial charge in [-0.1, -0.05) is 169 Å². The van der Waals surface area contributed by atoms with Crippen LogP contribution in [0.1, 0.15) is 52.7 Å². The van der Waals surface area contributed by atoms with Gasteiger partial charge in [0.2, 0.25) is 0 Å². The highest BCUT2D eigenvalue weighted by molar-refractivity contribution is 5.97. The van der Waals surface area contributed by atoms with E-state index in [4.69, 9.17) is 9.97 Å². The first-order valence-corrected chi connectivity index (χ1v) is 20.7. The molecule has 0 aliphatic rings. The molecule has 9 rings (SSSR count). The van der Waals surface area contributed by atoms with E-state index < -0.39 is 0 Å². The van der Waals surface area contributed by atoms with E-state index >= 15 is 0 Å². The highest BCUT2D eigenvalue weighted by Gasteiger charge is 2.25. The summed E-state index contributed by atoms with van der Waals surface area (Å²) in [6, 6.07) is 61.7. The lowest BCUT2D eigenvalue weighted by Gasteiger charge is -2.23. The highest BCUT2D eigenvalue weighted by Crippen LogP contribution is 2.42. The van der Waals surface area contributed by atoms with Crippen molar-refractivity contribution in [3.63, 3.8) is 0 Å². The highest BCUT2D eigenvalue weighted by atomic mass is 16.3. The molecule has 0 bridgehead atoms. The molecule has 0 unspecified atom stereocenters. The minimum atomic E-state index is -0.134. The largest absolute Gasteiger partial charge is 0.507 e. The number of aromatic hydroxyl groups is 1. The van der Waals surface area contributed by atoms with Crippen LogP contribution in [0.15, 0.2) is 182 Å². The molecule has 7 aromatic carbocycles. The Hall–Kier alpha value is -7.04. The number of rotatable bonds is 7. The maximum absolute atomic E-state index is 11.6. The Morgan fingerprint density at radius 3 is 1.68 bits per heavy atom. The van der Waals surface area contributed by atoms with Crippen molar-refractivity contribution in [2.24, 2.45) is 0 Å². The standard InChI is InChI=1S/C56H49N3O/c1-55(2,3)44-27-29-50(47(35-44)40-17-11-8-12-18-40)59-51-22-14-21-46(53(51)58-54(59)48-36-45(56(4,5)6)28-30-52(48)60)42-19-13-20-43(33-42)49-34-41(31-32-57-49)39-25-23-38(24-26-39)37-15-9-7-10-16-37/h7-36,60H,1-6H3. The van der Waals surface area contributed by atoms with Crippen molar-refractivity contribution in [1.29, 1.82) is 0 Å². The molecule has 4 heteroatoms. The Balaban J connectivity index is 1.21. The van der Waals surface area contributed by atoms with Crippen LogP contribution in [0.2, 0.25) is 0 Å². The predicted octanol–water partition coefficient (Wildman–Crippen LogP) is 14.7. The zero-order valence-electron chi connectivity index (χ0n) is 35.1. The number of benzene rings is 7. The van der Waals surface area contributed by atoms with Gasteiger partial charge in [-0.05, 0) is 104 Å². The zero-order valence-corrected chi connectivity index (χ0v) is 35.1.